The Labute approximate surface area is 136 Å². The lowest BCUT2D eigenvalue weighted by Crippen LogP contribution is -2.49. The average molecular weight is 353 g/mol. The zero-order chi connectivity index (χ0) is 14.8. The summed E-state index contributed by atoms with van der Waals surface area (Å²) >= 11 is 3.60. The fourth-order valence-electron chi connectivity index (χ4n) is 3.65. The molecule has 0 amide bonds. The van der Waals surface area contributed by atoms with Crippen molar-refractivity contribution >= 4 is 21.6 Å². The molecule has 2 fully saturated rings. The van der Waals surface area contributed by atoms with Crippen molar-refractivity contribution in [1.82, 2.24) is 0 Å². The molecule has 4 heteroatoms. The van der Waals surface area contributed by atoms with E-state index < -0.39 is 0 Å². The van der Waals surface area contributed by atoms with Gasteiger partial charge in [0.1, 0.15) is 0 Å². The molecular formula is C17H25BrN2O. The van der Waals surface area contributed by atoms with Crippen LogP contribution in [0.4, 0.5) is 5.69 Å². The van der Waals surface area contributed by atoms with E-state index >= 15 is 0 Å². The summed E-state index contributed by atoms with van der Waals surface area (Å²) in [4.78, 5) is 2.57. The molecule has 1 aliphatic carbocycles. The van der Waals surface area contributed by atoms with Crippen LogP contribution in [0.1, 0.15) is 38.2 Å². The van der Waals surface area contributed by atoms with E-state index in [0.29, 0.717) is 12.1 Å². The Bertz CT molecular complexity index is 494. The summed E-state index contributed by atoms with van der Waals surface area (Å²) in [5, 5.41) is 0. The number of rotatable bonds is 4. The van der Waals surface area contributed by atoms with Crippen LogP contribution in [0, 0.1) is 0 Å². The number of nitrogens with zero attached hydrogens (tertiary/aromatic N) is 1. The fraction of sp³-hybridized carbons (Fsp3) is 0.647. The zero-order valence-corrected chi connectivity index (χ0v) is 14.3. The van der Waals surface area contributed by atoms with Crippen molar-refractivity contribution in [2.75, 3.05) is 18.1 Å². The molecule has 1 saturated carbocycles. The Kier molecular flexibility index (Phi) is 4.87. The molecule has 0 aromatic heterocycles. The van der Waals surface area contributed by atoms with E-state index in [1.807, 2.05) is 0 Å². The smallest absolute Gasteiger partial charge is 0.0779 e. The number of fused-ring (bicyclic) bond motifs is 1. The second-order valence-electron chi connectivity index (χ2n) is 6.25. The van der Waals surface area contributed by atoms with E-state index in [9.17, 15) is 0 Å². The summed E-state index contributed by atoms with van der Waals surface area (Å²) in [6.45, 7) is 4.00. The molecule has 1 aromatic carbocycles. The van der Waals surface area contributed by atoms with Crippen molar-refractivity contribution < 1.29 is 4.74 Å². The van der Waals surface area contributed by atoms with Crippen molar-refractivity contribution in [3.63, 3.8) is 0 Å². The van der Waals surface area contributed by atoms with Gasteiger partial charge >= 0.3 is 0 Å². The second kappa shape index (κ2) is 6.67. The van der Waals surface area contributed by atoms with Gasteiger partial charge in [0.15, 0.2) is 0 Å². The number of benzene rings is 1. The van der Waals surface area contributed by atoms with Crippen LogP contribution in [0.15, 0.2) is 22.7 Å². The summed E-state index contributed by atoms with van der Waals surface area (Å²) in [5.41, 5.74) is 8.93. The topological polar surface area (TPSA) is 38.5 Å². The van der Waals surface area contributed by atoms with Crippen LogP contribution in [-0.2, 0) is 11.2 Å². The summed E-state index contributed by atoms with van der Waals surface area (Å²) in [7, 11) is 0. The number of hydrogen-bond donors (Lipinski definition) is 1. The molecule has 3 unspecified atom stereocenters. The number of halogens is 1. The van der Waals surface area contributed by atoms with Gasteiger partial charge in [-0.15, -0.1) is 0 Å². The van der Waals surface area contributed by atoms with Crippen molar-refractivity contribution in [2.45, 2.75) is 57.2 Å². The summed E-state index contributed by atoms with van der Waals surface area (Å²) < 4.78 is 7.08. The maximum absolute atomic E-state index is 6.20. The van der Waals surface area contributed by atoms with Crippen LogP contribution in [0.3, 0.4) is 0 Å². The first kappa shape index (κ1) is 15.3. The van der Waals surface area contributed by atoms with E-state index in [4.69, 9.17) is 10.5 Å². The molecule has 116 valence electrons. The van der Waals surface area contributed by atoms with E-state index in [2.05, 4.69) is 46.0 Å². The van der Waals surface area contributed by atoms with Crippen molar-refractivity contribution in [3.8, 4) is 0 Å². The standard InChI is InChI=1S/C17H25BrN2O/c1-2-14(19)11-12-10-13(18)6-7-15(12)20-8-9-21-17-5-3-4-16(17)20/h6-7,10,14,16-17H,2-5,8-9,11,19H2,1H3. The average Bonchev–Trinajstić information content (AvgIpc) is 2.96. The van der Waals surface area contributed by atoms with Gasteiger partial charge in [-0.1, -0.05) is 22.9 Å². The first-order valence-electron chi connectivity index (χ1n) is 8.11. The SMILES string of the molecule is CCC(N)Cc1cc(Br)ccc1N1CCOC2CCCC21. The lowest BCUT2D eigenvalue weighted by Gasteiger charge is -2.40. The molecular weight excluding hydrogens is 328 g/mol. The lowest BCUT2D eigenvalue weighted by molar-refractivity contribution is 0.0256. The second-order valence-corrected chi connectivity index (χ2v) is 7.16. The number of ether oxygens (including phenoxy) is 1. The van der Waals surface area contributed by atoms with Crippen LogP contribution < -0.4 is 10.6 Å². The maximum atomic E-state index is 6.20. The van der Waals surface area contributed by atoms with Gasteiger partial charge in [-0.05, 0) is 55.9 Å². The van der Waals surface area contributed by atoms with Crippen LogP contribution in [0.2, 0.25) is 0 Å². The molecule has 0 spiro atoms. The third kappa shape index (κ3) is 3.27. The van der Waals surface area contributed by atoms with E-state index in [-0.39, 0.29) is 6.04 Å². The quantitative estimate of drug-likeness (QED) is 0.901. The van der Waals surface area contributed by atoms with Crippen LogP contribution in [-0.4, -0.2) is 31.3 Å². The van der Waals surface area contributed by atoms with Gasteiger partial charge in [-0.3, -0.25) is 0 Å². The van der Waals surface area contributed by atoms with E-state index in [0.717, 1.165) is 30.5 Å². The largest absolute Gasteiger partial charge is 0.374 e. The molecule has 1 aliphatic heterocycles. The van der Waals surface area contributed by atoms with Gasteiger partial charge in [0.2, 0.25) is 0 Å². The van der Waals surface area contributed by atoms with Gasteiger partial charge in [0.05, 0.1) is 18.8 Å². The fourth-order valence-corrected chi connectivity index (χ4v) is 4.06. The predicted octanol–water partition coefficient (Wildman–Crippen LogP) is 3.49. The van der Waals surface area contributed by atoms with E-state index in [1.54, 1.807) is 0 Å². The Hall–Kier alpha value is -0.580. The van der Waals surface area contributed by atoms with Gasteiger partial charge in [0.25, 0.3) is 0 Å². The van der Waals surface area contributed by atoms with Gasteiger partial charge < -0.3 is 15.4 Å². The number of morpholine rings is 1. The highest BCUT2D eigenvalue weighted by atomic mass is 79.9. The Balaban J connectivity index is 1.89. The highest BCUT2D eigenvalue weighted by molar-refractivity contribution is 9.10. The molecule has 2 N–H and O–H groups in total. The molecule has 3 rings (SSSR count). The Morgan fingerprint density at radius 2 is 2.29 bits per heavy atom. The monoisotopic (exact) mass is 352 g/mol. The van der Waals surface area contributed by atoms with Crippen molar-refractivity contribution in [2.24, 2.45) is 5.73 Å². The van der Waals surface area contributed by atoms with Crippen LogP contribution in [0.25, 0.3) is 0 Å². The molecule has 1 saturated heterocycles. The molecule has 0 radical (unpaired) electrons. The van der Waals surface area contributed by atoms with E-state index in [1.165, 1.54) is 30.5 Å². The Morgan fingerprint density at radius 3 is 3.10 bits per heavy atom. The first-order valence-corrected chi connectivity index (χ1v) is 8.90. The first-order chi connectivity index (χ1) is 10.2. The summed E-state index contributed by atoms with van der Waals surface area (Å²) in [5.74, 6) is 0. The van der Waals surface area contributed by atoms with Crippen molar-refractivity contribution in [1.29, 1.82) is 0 Å². The molecule has 1 heterocycles. The third-order valence-corrected chi connectivity index (χ3v) is 5.33. The van der Waals surface area contributed by atoms with Gasteiger partial charge in [-0.25, -0.2) is 0 Å². The van der Waals surface area contributed by atoms with Crippen molar-refractivity contribution in [3.05, 3.63) is 28.2 Å². The normalized spacial score (nSPS) is 26.7. The number of anilines is 1. The molecule has 0 bridgehead atoms. The number of nitrogens with two attached hydrogens (primary N) is 1. The molecule has 1 aromatic rings. The Morgan fingerprint density at radius 1 is 1.43 bits per heavy atom. The molecule has 21 heavy (non-hydrogen) atoms. The summed E-state index contributed by atoms with van der Waals surface area (Å²) in [6.07, 6.45) is 6.13. The minimum absolute atomic E-state index is 0.235. The highest BCUT2D eigenvalue weighted by Gasteiger charge is 2.36. The maximum Gasteiger partial charge on any atom is 0.0779 e. The predicted molar refractivity (Wildman–Crippen MR) is 90.8 cm³/mol. The lowest BCUT2D eigenvalue weighted by atomic mass is 10.00. The molecule has 2 aliphatic rings. The summed E-state index contributed by atoms with van der Waals surface area (Å²) in [6, 6.07) is 7.43. The van der Waals surface area contributed by atoms with Crippen LogP contribution in [0.5, 0.6) is 0 Å². The van der Waals surface area contributed by atoms with Crippen LogP contribution >= 0.6 is 15.9 Å². The van der Waals surface area contributed by atoms with Gasteiger partial charge in [-0.2, -0.15) is 0 Å². The molecule has 3 atom stereocenters. The zero-order valence-electron chi connectivity index (χ0n) is 12.7. The van der Waals surface area contributed by atoms with Gasteiger partial charge in [0, 0.05) is 22.7 Å². The molecule has 3 nitrogen and oxygen atoms in total. The minimum atomic E-state index is 0.235. The third-order valence-electron chi connectivity index (χ3n) is 4.84. The number of hydrogen-bond acceptors (Lipinski definition) is 3. The minimum Gasteiger partial charge on any atom is -0.374 e. The highest BCUT2D eigenvalue weighted by Crippen LogP contribution is 2.36.